The lowest BCUT2D eigenvalue weighted by molar-refractivity contribution is -0.146. The Balaban J connectivity index is 2.09. The molecule has 1 aliphatic carbocycles. The average molecular weight is 224 g/mol. The SMILES string of the molecule is CC1NC(=O)CN(C2CCC(C)(C)C2)C1=O. The molecule has 2 aliphatic rings. The van der Waals surface area contributed by atoms with Crippen LogP contribution >= 0.6 is 0 Å². The Kier molecular flexibility index (Phi) is 2.68. The summed E-state index contributed by atoms with van der Waals surface area (Å²) in [6.07, 6.45) is 3.18. The molecule has 2 amide bonds. The van der Waals surface area contributed by atoms with E-state index >= 15 is 0 Å². The van der Waals surface area contributed by atoms with Gasteiger partial charge in [0.2, 0.25) is 11.8 Å². The standard InChI is InChI=1S/C12H20N2O2/c1-8-11(16)14(7-10(15)13-8)9-4-5-12(2,3)6-9/h8-9H,4-7H2,1-3H3,(H,13,15). The number of carbonyl (C=O) groups excluding carboxylic acids is 2. The summed E-state index contributed by atoms with van der Waals surface area (Å²) >= 11 is 0. The first-order chi connectivity index (χ1) is 7.39. The van der Waals surface area contributed by atoms with Crippen molar-refractivity contribution in [1.29, 1.82) is 0 Å². The van der Waals surface area contributed by atoms with Gasteiger partial charge in [0.15, 0.2) is 0 Å². The zero-order valence-electron chi connectivity index (χ0n) is 10.2. The molecule has 16 heavy (non-hydrogen) atoms. The molecule has 2 unspecified atom stereocenters. The third kappa shape index (κ3) is 2.06. The minimum Gasteiger partial charge on any atom is -0.343 e. The molecule has 0 aromatic carbocycles. The number of nitrogens with one attached hydrogen (secondary N) is 1. The zero-order valence-corrected chi connectivity index (χ0v) is 10.2. The van der Waals surface area contributed by atoms with Crippen molar-refractivity contribution in [2.45, 2.75) is 52.1 Å². The lowest BCUT2D eigenvalue weighted by Crippen LogP contribution is -2.59. The maximum atomic E-state index is 12.0. The van der Waals surface area contributed by atoms with E-state index in [1.54, 1.807) is 11.8 Å². The van der Waals surface area contributed by atoms with Gasteiger partial charge in [-0.3, -0.25) is 9.59 Å². The molecule has 2 atom stereocenters. The molecule has 0 spiro atoms. The van der Waals surface area contributed by atoms with Crippen LogP contribution in [0, 0.1) is 5.41 Å². The smallest absolute Gasteiger partial charge is 0.245 e. The van der Waals surface area contributed by atoms with E-state index in [2.05, 4.69) is 19.2 Å². The Morgan fingerprint density at radius 3 is 2.62 bits per heavy atom. The first-order valence-electron chi connectivity index (χ1n) is 5.99. The van der Waals surface area contributed by atoms with Gasteiger partial charge in [-0.15, -0.1) is 0 Å². The van der Waals surface area contributed by atoms with E-state index in [-0.39, 0.29) is 30.4 Å². The summed E-state index contributed by atoms with van der Waals surface area (Å²) in [5, 5.41) is 2.67. The predicted octanol–water partition coefficient (Wildman–Crippen LogP) is 0.912. The molecule has 4 nitrogen and oxygen atoms in total. The molecule has 1 aliphatic heterocycles. The molecule has 4 heteroatoms. The van der Waals surface area contributed by atoms with E-state index < -0.39 is 0 Å². The molecule has 1 saturated carbocycles. The van der Waals surface area contributed by atoms with Gasteiger partial charge in [0.1, 0.15) is 6.04 Å². The first kappa shape index (κ1) is 11.4. The van der Waals surface area contributed by atoms with Gasteiger partial charge in [0.05, 0.1) is 6.54 Å². The summed E-state index contributed by atoms with van der Waals surface area (Å²) in [5.41, 5.74) is 0.308. The van der Waals surface area contributed by atoms with Crippen LogP contribution in [0.3, 0.4) is 0 Å². The molecule has 0 aromatic rings. The fraction of sp³-hybridized carbons (Fsp3) is 0.833. The van der Waals surface area contributed by atoms with Crippen molar-refractivity contribution in [2.24, 2.45) is 5.41 Å². The van der Waals surface area contributed by atoms with Gasteiger partial charge in [-0.05, 0) is 31.6 Å². The van der Waals surface area contributed by atoms with E-state index in [0.29, 0.717) is 5.41 Å². The van der Waals surface area contributed by atoms with E-state index in [9.17, 15) is 9.59 Å². The number of nitrogens with zero attached hydrogens (tertiary/aromatic N) is 1. The summed E-state index contributed by atoms with van der Waals surface area (Å²) in [6.45, 7) is 6.45. The van der Waals surface area contributed by atoms with Crippen molar-refractivity contribution in [3.8, 4) is 0 Å². The number of hydrogen-bond acceptors (Lipinski definition) is 2. The summed E-state index contributed by atoms with van der Waals surface area (Å²) in [5.74, 6) is 0.0408. The van der Waals surface area contributed by atoms with Crippen LogP contribution in [-0.4, -0.2) is 35.3 Å². The molecule has 1 heterocycles. The predicted molar refractivity (Wildman–Crippen MR) is 60.7 cm³/mol. The maximum absolute atomic E-state index is 12.0. The molecule has 0 radical (unpaired) electrons. The Morgan fingerprint density at radius 1 is 1.38 bits per heavy atom. The second-order valence-corrected chi connectivity index (χ2v) is 5.82. The Morgan fingerprint density at radius 2 is 2.06 bits per heavy atom. The topological polar surface area (TPSA) is 49.4 Å². The van der Waals surface area contributed by atoms with Crippen LogP contribution in [0.2, 0.25) is 0 Å². The van der Waals surface area contributed by atoms with Crippen LogP contribution in [-0.2, 0) is 9.59 Å². The number of hydrogen-bond donors (Lipinski definition) is 1. The monoisotopic (exact) mass is 224 g/mol. The molecular weight excluding hydrogens is 204 g/mol. The molecule has 2 fully saturated rings. The Hall–Kier alpha value is -1.06. The van der Waals surface area contributed by atoms with Gasteiger partial charge in [0.25, 0.3) is 0 Å². The van der Waals surface area contributed by atoms with E-state index in [1.165, 1.54) is 0 Å². The van der Waals surface area contributed by atoms with Crippen molar-refractivity contribution in [3.63, 3.8) is 0 Å². The largest absolute Gasteiger partial charge is 0.343 e. The molecule has 1 saturated heterocycles. The van der Waals surface area contributed by atoms with Crippen molar-refractivity contribution in [3.05, 3.63) is 0 Å². The van der Waals surface area contributed by atoms with Crippen LogP contribution in [0.1, 0.15) is 40.0 Å². The minimum absolute atomic E-state index is 0.0307. The molecular formula is C12H20N2O2. The second kappa shape index (κ2) is 3.75. The van der Waals surface area contributed by atoms with Gasteiger partial charge in [0, 0.05) is 6.04 Å². The van der Waals surface area contributed by atoms with Crippen LogP contribution in [0.5, 0.6) is 0 Å². The van der Waals surface area contributed by atoms with Gasteiger partial charge >= 0.3 is 0 Å². The zero-order chi connectivity index (χ0) is 11.9. The molecule has 90 valence electrons. The van der Waals surface area contributed by atoms with Crippen molar-refractivity contribution in [2.75, 3.05) is 6.54 Å². The highest BCUT2D eigenvalue weighted by Crippen LogP contribution is 2.39. The highest BCUT2D eigenvalue weighted by atomic mass is 16.2. The highest BCUT2D eigenvalue weighted by Gasteiger charge is 2.40. The molecule has 0 aromatic heterocycles. The van der Waals surface area contributed by atoms with Crippen molar-refractivity contribution in [1.82, 2.24) is 10.2 Å². The van der Waals surface area contributed by atoms with Crippen LogP contribution in [0.15, 0.2) is 0 Å². The quantitative estimate of drug-likeness (QED) is 0.720. The Labute approximate surface area is 96.4 Å². The highest BCUT2D eigenvalue weighted by molar-refractivity contribution is 5.94. The summed E-state index contributed by atoms with van der Waals surface area (Å²) in [6, 6.07) is -0.0963. The summed E-state index contributed by atoms with van der Waals surface area (Å²) in [4.78, 5) is 25.2. The maximum Gasteiger partial charge on any atom is 0.245 e. The first-order valence-corrected chi connectivity index (χ1v) is 5.99. The molecule has 0 bridgehead atoms. The van der Waals surface area contributed by atoms with E-state index in [4.69, 9.17) is 0 Å². The van der Waals surface area contributed by atoms with Crippen LogP contribution in [0.25, 0.3) is 0 Å². The van der Waals surface area contributed by atoms with E-state index in [1.807, 2.05) is 0 Å². The molecule has 1 N–H and O–H groups in total. The van der Waals surface area contributed by atoms with Crippen molar-refractivity contribution < 1.29 is 9.59 Å². The second-order valence-electron chi connectivity index (χ2n) is 5.82. The number of rotatable bonds is 1. The van der Waals surface area contributed by atoms with Gasteiger partial charge < -0.3 is 10.2 Å². The normalized spacial score (nSPS) is 34.1. The van der Waals surface area contributed by atoms with Crippen LogP contribution in [0.4, 0.5) is 0 Å². The summed E-state index contributed by atoms with van der Waals surface area (Å²) < 4.78 is 0. The number of carbonyl (C=O) groups is 2. The fourth-order valence-electron chi connectivity index (χ4n) is 2.80. The van der Waals surface area contributed by atoms with Gasteiger partial charge in [-0.25, -0.2) is 0 Å². The third-order valence-electron chi connectivity index (χ3n) is 3.73. The van der Waals surface area contributed by atoms with E-state index in [0.717, 1.165) is 19.3 Å². The van der Waals surface area contributed by atoms with Crippen molar-refractivity contribution >= 4 is 11.8 Å². The minimum atomic E-state index is -0.357. The van der Waals surface area contributed by atoms with Crippen LogP contribution < -0.4 is 5.32 Å². The third-order valence-corrected chi connectivity index (χ3v) is 3.73. The lowest BCUT2D eigenvalue weighted by atomic mass is 9.91. The van der Waals surface area contributed by atoms with Gasteiger partial charge in [-0.2, -0.15) is 0 Å². The number of amides is 2. The summed E-state index contributed by atoms with van der Waals surface area (Å²) in [7, 11) is 0. The van der Waals surface area contributed by atoms with Gasteiger partial charge in [-0.1, -0.05) is 13.8 Å². The Bertz CT molecular complexity index is 325. The average Bonchev–Trinajstić information content (AvgIpc) is 2.52. The number of piperazine rings is 1. The fourth-order valence-corrected chi connectivity index (χ4v) is 2.80. The molecule has 2 rings (SSSR count). The lowest BCUT2D eigenvalue weighted by Gasteiger charge is -2.35.